The zero-order valence-electron chi connectivity index (χ0n) is 10.4. The first kappa shape index (κ1) is 14.4. The summed E-state index contributed by atoms with van der Waals surface area (Å²) < 4.78 is 36.5. The van der Waals surface area contributed by atoms with Crippen LogP contribution in [0.4, 0.5) is 14.5 Å². The average Bonchev–Trinajstić information content (AvgIpc) is 2.40. The first-order chi connectivity index (χ1) is 9.56. The van der Waals surface area contributed by atoms with E-state index in [0.717, 1.165) is 12.1 Å². The molecular formula is C14H12ClF2NO2. The van der Waals surface area contributed by atoms with E-state index in [-0.39, 0.29) is 19.0 Å². The monoisotopic (exact) mass is 299 g/mol. The molecule has 0 aliphatic rings. The van der Waals surface area contributed by atoms with Crippen LogP contribution >= 0.6 is 11.6 Å². The Hall–Kier alpha value is -2.01. The van der Waals surface area contributed by atoms with Gasteiger partial charge in [0.2, 0.25) is 0 Å². The van der Waals surface area contributed by atoms with E-state index in [1.165, 1.54) is 6.07 Å². The van der Waals surface area contributed by atoms with Crippen molar-refractivity contribution in [1.82, 2.24) is 0 Å². The van der Waals surface area contributed by atoms with Crippen molar-refractivity contribution in [3.05, 3.63) is 53.1 Å². The Bertz CT molecular complexity index is 608. The quantitative estimate of drug-likeness (QED) is 0.677. The molecule has 2 rings (SSSR count). The number of rotatable bonds is 5. The Labute approximate surface area is 119 Å². The van der Waals surface area contributed by atoms with Gasteiger partial charge in [-0.05, 0) is 24.3 Å². The van der Waals surface area contributed by atoms with Crippen LogP contribution in [-0.2, 0) is 0 Å². The number of benzene rings is 2. The second-order valence-corrected chi connectivity index (χ2v) is 4.36. The van der Waals surface area contributed by atoms with Crippen molar-refractivity contribution in [2.45, 2.75) is 0 Å². The summed E-state index contributed by atoms with van der Waals surface area (Å²) in [4.78, 5) is 0. The van der Waals surface area contributed by atoms with Crippen molar-refractivity contribution in [3.8, 4) is 11.5 Å². The van der Waals surface area contributed by atoms with Gasteiger partial charge in [0, 0.05) is 12.1 Å². The highest BCUT2D eigenvalue weighted by molar-refractivity contribution is 6.33. The minimum absolute atomic E-state index is 0.0226. The maximum Gasteiger partial charge on any atom is 0.167 e. The highest BCUT2D eigenvalue weighted by Crippen LogP contribution is 2.24. The molecule has 0 radical (unpaired) electrons. The predicted octanol–water partition coefficient (Wildman–Crippen LogP) is 3.66. The lowest BCUT2D eigenvalue weighted by Gasteiger charge is -2.09. The van der Waals surface area contributed by atoms with Gasteiger partial charge in [0.1, 0.15) is 24.8 Å². The van der Waals surface area contributed by atoms with Crippen LogP contribution in [0.25, 0.3) is 0 Å². The van der Waals surface area contributed by atoms with Crippen LogP contribution in [0.3, 0.4) is 0 Å². The molecule has 0 aliphatic carbocycles. The second-order valence-electron chi connectivity index (χ2n) is 3.95. The third-order valence-electron chi connectivity index (χ3n) is 2.47. The van der Waals surface area contributed by atoms with Crippen molar-refractivity contribution in [1.29, 1.82) is 0 Å². The highest BCUT2D eigenvalue weighted by atomic mass is 35.5. The summed E-state index contributed by atoms with van der Waals surface area (Å²) in [5.41, 5.74) is 6.03. The molecular weight excluding hydrogens is 288 g/mol. The fourth-order valence-electron chi connectivity index (χ4n) is 1.52. The molecule has 0 saturated carbocycles. The molecule has 0 saturated heterocycles. The second kappa shape index (κ2) is 6.43. The summed E-state index contributed by atoms with van der Waals surface area (Å²) >= 11 is 5.77. The van der Waals surface area contributed by atoms with Crippen LogP contribution in [0.15, 0.2) is 36.4 Å². The number of nitrogen functional groups attached to an aromatic ring is 1. The van der Waals surface area contributed by atoms with Gasteiger partial charge in [-0.15, -0.1) is 0 Å². The van der Waals surface area contributed by atoms with E-state index in [1.54, 1.807) is 18.2 Å². The van der Waals surface area contributed by atoms with E-state index in [1.807, 2.05) is 0 Å². The maximum atomic E-state index is 13.3. The fraction of sp³-hybridized carbons (Fsp3) is 0.143. The molecule has 2 N–H and O–H groups in total. The maximum absolute atomic E-state index is 13.3. The SMILES string of the molecule is Nc1cc(OCCOc2ccc(F)cc2F)ccc1Cl. The summed E-state index contributed by atoms with van der Waals surface area (Å²) in [6.07, 6.45) is 0. The van der Waals surface area contributed by atoms with Crippen molar-refractivity contribution in [2.24, 2.45) is 0 Å². The number of nitrogens with two attached hydrogens (primary N) is 1. The third kappa shape index (κ3) is 3.74. The normalized spacial score (nSPS) is 10.3. The molecule has 6 heteroatoms. The molecule has 0 unspecified atom stereocenters. The molecule has 2 aromatic carbocycles. The summed E-state index contributed by atoms with van der Waals surface area (Å²) in [6, 6.07) is 7.98. The zero-order valence-corrected chi connectivity index (χ0v) is 11.2. The van der Waals surface area contributed by atoms with Gasteiger partial charge in [0.05, 0.1) is 10.7 Å². The molecule has 20 heavy (non-hydrogen) atoms. The van der Waals surface area contributed by atoms with E-state index in [4.69, 9.17) is 26.8 Å². The van der Waals surface area contributed by atoms with Gasteiger partial charge in [0.25, 0.3) is 0 Å². The Balaban J connectivity index is 1.82. The number of hydrogen-bond acceptors (Lipinski definition) is 3. The topological polar surface area (TPSA) is 44.5 Å². The van der Waals surface area contributed by atoms with E-state index in [9.17, 15) is 8.78 Å². The van der Waals surface area contributed by atoms with Crippen LogP contribution in [-0.4, -0.2) is 13.2 Å². The molecule has 0 fully saturated rings. The van der Waals surface area contributed by atoms with E-state index < -0.39 is 11.6 Å². The highest BCUT2D eigenvalue weighted by Gasteiger charge is 2.05. The summed E-state index contributed by atoms with van der Waals surface area (Å²) in [5.74, 6) is -0.885. The van der Waals surface area contributed by atoms with Gasteiger partial charge >= 0.3 is 0 Å². The Kier molecular flexibility index (Phi) is 4.63. The Morgan fingerprint density at radius 1 is 1.00 bits per heavy atom. The standard InChI is InChI=1S/C14H12ClF2NO2/c15-11-3-2-10(8-13(11)18)19-5-6-20-14-4-1-9(16)7-12(14)17/h1-4,7-8H,5-6,18H2. The molecule has 106 valence electrons. The average molecular weight is 300 g/mol. The summed E-state index contributed by atoms with van der Waals surface area (Å²) in [6.45, 7) is 0.309. The lowest BCUT2D eigenvalue weighted by Crippen LogP contribution is -2.10. The minimum Gasteiger partial charge on any atom is -0.490 e. The van der Waals surface area contributed by atoms with Crippen LogP contribution in [0.1, 0.15) is 0 Å². The third-order valence-corrected chi connectivity index (χ3v) is 2.82. The van der Waals surface area contributed by atoms with Crippen molar-refractivity contribution < 1.29 is 18.3 Å². The van der Waals surface area contributed by atoms with Crippen LogP contribution in [0.5, 0.6) is 11.5 Å². The van der Waals surface area contributed by atoms with E-state index >= 15 is 0 Å². The molecule has 2 aromatic rings. The van der Waals surface area contributed by atoms with Gasteiger partial charge in [0.15, 0.2) is 11.6 Å². The van der Waals surface area contributed by atoms with Gasteiger partial charge in [-0.2, -0.15) is 0 Å². The van der Waals surface area contributed by atoms with E-state index in [0.29, 0.717) is 16.5 Å². The number of halogens is 3. The number of ether oxygens (including phenoxy) is 2. The van der Waals surface area contributed by atoms with Crippen molar-refractivity contribution in [3.63, 3.8) is 0 Å². The molecule has 0 bridgehead atoms. The zero-order chi connectivity index (χ0) is 14.5. The van der Waals surface area contributed by atoms with Crippen LogP contribution < -0.4 is 15.2 Å². The Morgan fingerprint density at radius 2 is 1.75 bits per heavy atom. The molecule has 0 heterocycles. The minimum atomic E-state index is -0.749. The molecule has 0 aliphatic heterocycles. The summed E-state index contributed by atoms with van der Waals surface area (Å²) in [5, 5.41) is 0.446. The van der Waals surface area contributed by atoms with Crippen molar-refractivity contribution in [2.75, 3.05) is 18.9 Å². The van der Waals surface area contributed by atoms with Gasteiger partial charge < -0.3 is 15.2 Å². The summed E-state index contributed by atoms with van der Waals surface area (Å²) in [7, 11) is 0. The molecule has 0 aromatic heterocycles. The molecule has 0 spiro atoms. The first-order valence-electron chi connectivity index (χ1n) is 5.82. The number of hydrogen-bond donors (Lipinski definition) is 1. The van der Waals surface area contributed by atoms with Gasteiger partial charge in [-0.3, -0.25) is 0 Å². The molecule has 0 atom stereocenters. The number of anilines is 1. The largest absolute Gasteiger partial charge is 0.490 e. The smallest absolute Gasteiger partial charge is 0.167 e. The van der Waals surface area contributed by atoms with E-state index in [2.05, 4.69) is 0 Å². The molecule has 0 amide bonds. The van der Waals surface area contributed by atoms with Gasteiger partial charge in [-0.1, -0.05) is 11.6 Å². The van der Waals surface area contributed by atoms with Gasteiger partial charge in [-0.25, -0.2) is 8.78 Å². The first-order valence-corrected chi connectivity index (χ1v) is 6.20. The molecule has 3 nitrogen and oxygen atoms in total. The lowest BCUT2D eigenvalue weighted by atomic mass is 10.3. The van der Waals surface area contributed by atoms with Crippen LogP contribution in [0.2, 0.25) is 5.02 Å². The fourth-order valence-corrected chi connectivity index (χ4v) is 1.63. The Morgan fingerprint density at radius 3 is 2.45 bits per heavy atom. The predicted molar refractivity (Wildman–Crippen MR) is 73.2 cm³/mol. The lowest BCUT2D eigenvalue weighted by molar-refractivity contribution is 0.211. The van der Waals surface area contributed by atoms with Crippen LogP contribution in [0, 0.1) is 11.6 Å². The van der Waals surface area contributed by atoms with Crippen molar-refractivity contribution >= 4 is 17.3 Å².